The highest BCUT2D eigenvalue weighted by Crippen LogP contribution is 2.24. The van der Waals surface area contributed by atoms with Gasteiger partial charge in [0, 0.05) is 25.6 Å². The van der Waals surface area contributed by atoms with E-state index in [1.807, 2.05) is 32.0 Å². The van der Waals surface area contributed by atoms with Gasteiger partial charge in [-0.25, -0.2) is 0 Å². The number of benzene rings is 1. The van der Waals surface area contributed by atoms with E-state index in [1.54, 1.807) is 18.7 Å². The highest BCUT2D eigenvalue weighted by molar-refractivity contribution is 5.95. The zero-order valence-electron chi connectivity index (χ0n) is 16.2. The zero-order chi connectivity index (χ0) is 19.6. The Kier molecular flexibility index (Phi) is 5.58. The van der Waals surface area contributed by atoms with Gasteiger partial charge in [-0.05, 0) is 45.7 Å². The Bertz CT molecular complexity index is 825. The van der Waals surface area contributed by atoms with Gasteiger partial charge in [-0.3, -0.25) is 9.59 Å². The Morgan fingerprint density at radius 3 is 2.52 bits per heavy atom. The van der Waals surface area contributed by atoms with Crippen LogP contribution in [0.3, 0.4) is 0 Å². The number of esters is 1. The molecule has 27 heavy (non-hydrogen) atoms. The Labute approximate surface area is 158 Å². The van der Waals surface area contributed by atoms with E-state index in [1.165, 1.54) is 0 Å². The second-order valence-corrected chi connectivity index (χ2v) is 7.21. The predicted octanol–water partition coefficient (Wildman–Crippen LogP) is 3.15. The van der Waals surface area contributed by atoms with Crippen LogP contribution in [0.2, 0.25) is 0 Å². The largest absolute Gasteiger partial charge is 0.452 e. The topological polar surface area (TPSA) is 85.5 Å². The van der Waals surface area contributed by atoms with Gasteiger partial charge in [0.25, 0.3) is 11.8 Å². The minimum Gasteiger partial charge on any atom is -0.452 e. The molecule has 0 aliphatic carbocycles. The van der Waals surface area contributed by atoms with Crippen molar-refractivity contribution < 1.29 is 18.7 Å². The number of likely N-dealkylation sites (tertiary alicyclic amines) is 1. The summed E-state index contributed by atoms with van der Waals surface area (Å²) in [6, 6.07) is 5.81. The van der Waals surface area contributed by atoms with Crippen LogP contribution >= 0.6 is 0 Å². The van der Waals surface area contributed by atoms with Crippen molar-refractivity contribution in [3.05, 3.63) is 46.7 Å². The molecule has 0 unspecified atom stereocenters. The molecule has 0 saturated carbocycles. The van der Waals surface area contributed by atoms with E-state index < -0.39 is 6.10 Å². The Morgan fingerprint density at radius 1 is 1.19 bits per heavy atom. The third-order valence-corrected chi connectivity index (χ3v) is 4.69. The van der Waals surface area contributed by atoms with Crippen molar-refractivity contribution in [3.8, 4) is 0 Å². The smallest absolute Gasteiger partial charge is 0.311 e. The van der Waals surface area contributed by atoms with E-state index in [-0.39, 0.29) is 23.7 Å². The zero-order valence-corrected chi connectivity index (χ0v) is 16.2. The first kappa shape index (κ1) is 19.1. The summed E-state index contributed by atoms with van der Waals surface area (Å²) in [5, 5.41) is 7.63. The lowest BCUT2D eigenvalue weighted by Crippen LogP contribution is -2.43. The van der Waals surface area contributed by atoms with E-state index in [0.717, 1.165) is 17.5 Å². The molecule has 7 nitrogen and oxygen atoms in total. The van der Waals surface area contributed by atoms with E-state index in [2.05, 4.69) is 10.2 Å². The van der Waals surface area contributed by atoms with Gasteiger partial charge >= 0.3 is 5.97 Å². The molecule has 3 rings (SSSR count). The molecule has 1 fully saturated rings. The lowest BCUT2D eigenvalue weighted by atomic mass is 9.97. The second-order valence-electron chi connectivity index (χ2n) is 7.21. The molecular weight excluding hydrogens is 346 g/mol. The predicted molar refractivity (Wildman–Crippen MR) is 98.1 cm³/mol. The average Bonchev–Trinajstić information content (AvgIpc) is 3.07. The fourth-order valence-corrected chi connectivity index (χ4v) is 3.43. The van der Waals surface area contributed by atoms with Crippen LogP contribution in [0.5, 0.6) is 0 Å². The van der Waals surface area contributed by atoms with Crippen LogP contribution in [0.15, 0.2) is 22.6 Å². The van der Waals surface area contributed by atoms with Gasteiger partial charge in [-0.15, -0.1) is 10.2 Å². The van der Waals surface area contributed by atoms with Gasteiger partial charge in [0.15, 0.2) is 6.10 Å². The number of ether oxygens (including phenoxy) is 1. The van der Waals surface area contributed by atoms with Gasteiger partial charge in [0.2, 0.25) is 5.89 Å². The maximum atomic E-state index is 12.9. The summed E-state index contributed by atoms with van der Waals surface area (Å²) in [4.78, 5) is 27.2. The molecule has 2 heterocycles. The molecule has 0 radical (unpaired) electrons. The second kappa shape index (κ2) is 7.90. The molecule has 7 heteroatoms. The summed E-state index contributed by atoms with van der Waals surface area (Å²) in [5.74, 6) is -0.0214. The van der Waals surface area contributed by atoms with Crippen molar-refractivity contribution in [2.75, 3.05) is 13.1 Å². The van der Waals surface area contributed by atoms with Crippen LogP contribution in [0.4, 0.5) is 0 Å². The number of carbonyl (C=O) groups is 2. The monoisotopic (exact) mass is 371 g/mol. The van der Waals surface area contributed by atoms with Crippen molar-refractivity contribution in [1.82, 2.24) is 15.1 Å². The Hall–Kier alpha value is -2.70. The summed E-state index contributed by atoms with van der Waals surface area (Å²) in [5.41, 5.74) is 2.77. The van der Waals surface area contributed by atoms with Crippen LogP contribution in [0.1, 0.15) is 59.1 Å². The van der Waals surface area contributed by atoms with Crippen molar-refractivity contribution in [1.29, 1.82) is 0 Å². The van der Waals surface area contributed by atoms with Gasteiger partial charge in [0.05, 0.1) is 5.92 Å². The first-order valence-corrected chi connectivity index (χ1v) is 9.21. The Morgan fingerprint density at radius 2 is 1.89 bits per heavy atom. The SMILES string of the molecule is Cc1cc(C)cc(C(=O)N2CCC[C@@H](C(=O)O[C@H](C)c3nnc(C)o3)C2)c1. The maximum Gasteiger partial charge on any atom is 0.311 e. The van der Waals surface area contributed by atoms with Gasteiger partial charge in [0.1, 0.15) is 0 Å². The molecule has 1 aliphatic heterocycles. The molecule has 2 atom stereocenters. The molecule has 2 aromatic rings. The number of nitrogens with zero attached hydrogens (tertiary/aromatic N) is 3. The van der Waals surface area contributed by atoms with E-state index in [9.17, 15) is 9.59 Å². The summed E-state index contributed by atoms with van der Waals surface area (Å²) in [7, 11) is 0. The number of aromatic nitrogens is 2. The average molecular weight is 371 g/mol. The normalized spacial score (nSPS) is 18.2. The summed E-state index contributed by atoms with van der Waals surface area (Å²) < 4.78 is 10.8. The number of amides is 1. The first-order valence-electron chi connectivity index (χ1n) is 9.21. The van der Waals surface area contributed by atoms with E-state index in [0.29, 0.717) is 31.0 Å². The quantitative estimate of drug-likeness (QED) is 0.768. The fraction of sp³-hybridized carbons (Fsp3) is 0.500. The van der Waals surface area contributed by atoms with E-state index in [4.69, 9.17) is 9.15 Å². The molecule has 1 saturated heterocycles. The third-order valence-electron chi connectivity index (χ3n) is 4.69. The minimum absolute atomic E-state index is 0.0418. The number of piperidine rings is 1. The highest BCUT2D eigenvalue weighted by atomic mass is 16.6. The summed E-state index contributed by atoms with van der Waals surface area (Å²) in [6.45, 7) is 8.34. The number of aryl methyl sites for hydroxylation is 3. The molecule has 0 spiro atoms. The van der Waals surface area contributed by atoms with Crippen molar-refractivity contribution in [3.63, 3.8) is 0 Å². The standard InChI is InChI=1S/C20H25N3O4/c1-12-8-13(2)10-17(9-12)19(24)23-7-5-6-16(11-23)20(25)26-14(3)18-22-21-15(4)27-18/h8-10,14,16H,5-7,11H2,1-4H3/t14-,16-/m1/s1. The van der Waals surface area contributed by atoms with Gasteiger partial charge in [-0.1, -0.05) is 17.2 Å². The first-order chi connectivity index (χ1) is 12.8. The molecule has 1 aromatic carbocycles. The lowest BCUT2D eigenvalue weighted by Gasteiger charge is -2.32. The molecule has 0 N–H and O–H groups in total. The molecule has 0 bridgehead atoms. The molecule has 1 aliphatic rings. The molecular formula is C20H25N3O4. The van der Waals surface area contributed by atoms with Crippen molar-refractivity contribution in [2.24, 2.45) is 5.92 Å². The highest BCUT2D eigenvalue weighted by Gasteiger charge is 2.31. The number of hydrogen-bond acceptors (Lipinski definition) is 6. The minimum atomic E-state index is -0.607. The number of hydrogen-bond donors (Lipinski definition) is 0. The van der Waals surface area contributed by atoms with Gasteiger partial charge in [-0.2, -0.15) is 0 Å². The van der Waals surface area contributed by atoms with Crippen LogP contribution < -0.4 is 0 Å². The van der Waals surface area contributed by atoms with Crippen molar-refractivity contribution >= 4 is 11.9 Å². The van der Waals surface area contributed by atoms with Crippen molar-refractivity contribution in [2.45, 2.75) is 46.6 Å². The third kappa shape index (κ3) is 4.53. The van der Waals surface area contributed by atoms with Gasteiger partial charge < -0.3 is 14.1 Å². The van der Waals surface area contributed by atoms with Crippen LogP contribution in [0.25, 0.3) is 0 Å². The number of rotatable bonds is 4. The molecule has 144 valence electrons. The van der Waals surface area contributed by atoms with Crippen LogP contribution in [-0.4, -0.2) is 40.1 Å². The fourth-order valence-electron chi connectivity index (χ4n) is 3.43. The maximum absolute atomic E-state index is 12.9. The molecule has 1 amide bonds. The van der Waals surface area contributed by atoms with Crippen LogP contribution in [-0.2, 0) is 9.53 Å². The molecule has 1 aromatic heterocycles. The van der Waals surface area contributed by atoms with Crippen LogP contribution in [0, 0.1) is 26.7 Å². The summed E-state index contributed by atoms with van der Waals surface area (Å²) >= 11 is 0. The van der Waals surface area contributed by atoms with E-state index >= 15 is 0 Å². The lowest BCUT2D eigenvalue weighted by molar-refractivity contribution is -0.156. The number of carbonyl (C=O) groups excluding carboxylic acids is 2. The Balaban J connectivity index is 1.64. The summed E-state index contributed by atoms with van der Waals surface area (Å²) in [6.07, 6.45) is 0.860.